The quantitative estimate of drug-likeness (QED) is 0.280. The molecule has 5 aromatic rings. The monoisotopic (exact) mass is 371 g/mol. The molecule has 1 nitrogen and oxygen atoms in total. The molecular weight excluding hydrogens is 350 g/mol. The van der Waals surface area contributed by atoms with E-state index in [-0.39, 0.29) is 5.41 Å². The summed E-state index contributed by atoms with van der Waals surface area (Å²) in [5.74, 6) is 0. The molecule has 0 amide bonds. The van der Waals surface area contributed by atoms with E-state index in [2.05, 4.69) is 98.8 Å². The van der Waals surface area contributed by atoms with Gasteiger partial charge in [-0.3, -0.25) is 4.98 Å². The average Bonchev–Trinajstić information content (AvgIpc) is 3.00. The number of nitrogens with zero attached hydrogens (tertiary/aromatic N) is 1. The highest BCUT2D eigenvalue weighted by atomic mass is 14.7. The Balaban J connectivity index is 1.56. The van der Waals surface area contributed by atoms with Crippen LogP contribution in [0.25, 0.3) is 43.9 Å². The lowest BCUT2D eigenvalue weighted by atomic mass is 9.82. The number of hydrogen-bond acceptors (Lipinski definition) is 1. The summed E-state index contributed by atoms with van der Waals surface area (Å²) in [5, 5.41) is 4.99. The second-order valence-corrected chi connectivity index (χ2v) is 8.51. The Labute approximate surface area is 170 Å². The molecule has 29 heavy (non-hydrogen) atoms. The lowest BCUT2D eigenvalue weighted by Crippen LogP contribution is -2.14. The van der Waals surface area contributed by atoms with E-state index in [4.69, 9.17) is 4.98 Å². The van der Waals surface area contributed by atoms with Gasteiger partial charge in [0.2, 0.25) is 0 Å². The van der Waals surface area contributed by atoms with Gasteiger partial charge < -0.3 is 0 Å². The summed E-state index contributed by atoms with van der Waals surface area (Å²) in [6.45, 7) is 4.64. The van der Waals surface area contributed by atoms with Crippen LogP contribution in [0.5, 0.6) is 0 Å². The van der Waals surface area contributed by atoms with Crippen molar-refractivity contribution in [2.75, 3.05) is 0 Å². The number of pyridine rings is 1. The van der Waals surface area contributed by atoms with Crippen molar-refractivity contribution >= 4 is 21.5 Å². The number of fused-ring (bicyclic) bond motifs is 6. The molecule has 138 valence electrons. The molecule has 4 aromatic carbocycles. The maximum atomic E-state index is 4.81. The van der Waals surface area contributed by atoms with Crippen molar-refractivity contribution in [2.45, 2.75) is 19.3 Å². The lowest BCUT2D eigenvalue weighted by molar-refractivity contribution is 0.660. The third-order valence-electron chi connectivity index (χ3n) is 6.51. The average molecular weight is 371 g/mol. The van der Waals surface area contributed by atoms with Crippen molar-refractivity contribution in [2.24, 2.45) is 0 Å². The summed E-state index contributed by atoms with van der Waals surface area (Å²) in [5.41, 5.74) is 7.71. The second-order valence-electron chi connectivity index (χ2n) is 8.51. The fourth-order valence-electron chi connectivity index (χ4n) is 4.92. The Morgan fingerprint density at radius 2 is 1.38 bits per heavy atom. The molecule has 0 fully saturated rings. The first-order valence-corrected chi connectivity index (χ1v) is 10.2. The van der Waals surface area contributed by atoms with Crippen LogP contribution < -0.4 is 0 Å². The summed E-state index contributed by atoms with van der Waals surface area (Å²) in [7, 11) is 0. The van der Waals surface area contributed by atoms with Crippen molar-refractivity contribution in [3.05, 3.63) is 102 Å². The van der Waals surface area contributed by atoms with Gasteiger partial charge in [-0.05, 0) is 50.5 Å². The number of hydrogen-bond donors (Lipinski definition) is 0. The maximum Gasteiger partial charge on any atom is 0.0708 e. The lowest BCUT2D eigenvalue weighted by Gasteiger charge is -2.21. The highest BCUT2D eigenvalue weighted by molar-refractivity contribution is 6.08. The molecule has 1 heteroatoms. The van der Waals surface area contributed by atoms with Crippen LogP contribution in [0.15, 0.2) is 91.1 Å². The Hall–Kier alpha value is -3.45. The minimum absolute atomic E-state index is 0.00544. The van der Waals surface area contributed by atoms with Gasteiger partial charge in [0.1, 0.15) is 0 Å². The summed E-state index contributed by atoms with van der Waals surface area (Å²) in [4.78, 5) is 4.81. The standard InChI is InChI=1S/C28H21N/c1-28(2)25-10-6-5-9-22(25)23-14-13-19(15-26(23)28)27-16-24-20(17-29-27)12-11-18-7-3-4-8-21(18)24/h3-17H,1-2H3. The van der Waals surface area contributed by atoms with Crippen molar-refractivity contribution < 1.29 is 0 Å². The summed E-state index contributed by atoms with van der Waals surface area (Å²) < 4.78 is 0. The van der Waals surface area contributed by atoms with E-state index in [9.17, 15) is 0 Å². The maximum absolute atomic E-state index is 4.81. The van der Waals surface area contributed by atoms with Crippen molar-refractivity contribution in [1.29, 1.82) is 0 Å². The van der Waals surface area contributed by atoms with Crippen LogP contribution in [0.1, 0.15) is 25.0 Å². The smallest absolute Gasteiger partial charge is 0.0708 e. The molecule has 0 atom stereocenters. The molecule has 1 aliphatic rings. The van der Waals surface area contributed by atoms with Crippen LogP contribution >= 0.6 is 0 Å². The fraction of sp³-hybridized carbons (Fsp3) is 0.107. The Bertz CT molecular complexity index is 1430. The van der Waals surface area contributed by atoms with Gasteiger partial charge in [-0.25, -0.2) is 0 Å². The summed E-state index contributed by atoms with van der Waals surface area (Å²) in [6.07, 6.45) is 2.00. The van der Waals surface area contributed by atoms with E-state index >= 15 is 0 Å². The van der Waals surface area contributed by atoms with Crippen molar-refractivity contribution in [3.8, 4) is 22.4 Å². The molecule has 1 aromatic heterocycles. The van der Waals surface area contributed by atoms with E-state index in [0.717, 1.165) is 5.69 Å². The van der Waals surface area contributed by atoms with E-state index in [1.165, 1.54) is 49.4 Å². The highest BCUT2D eigenvalue weighted by Gasteiger charge is 2.35. The predicted octanol–water partition coefficient (Wildman–Crippen LogP) is 7.36. The Morgan fingerprint density at radius 3 is 2.31 bits per heavy atom. The number of benzene rings is 4. The Morgan fingerprint density at radius 1 is 0.621 bits per heavy atom. The molecule has 0 saturated heterocycles. The van der Waals surface area contributed by atoms with E-state index in [0.29, 0.717) is 0 Å². The third-order valence-corrected chi connectivity index (χ3v) is 6.51. The highest BCUT2D eigenvalue weighted by Crippen LogP contribution is 2.49. The minimum Gasteiger partial charge on any atom is -0.256 e. The molecule has 0 saturated carbocycles. The molecular formula is C28H21N. The molecule has 1 aliphatic carbocycles. The fourth-order valence-corrected chi connectivity index (χ4v) is 4.92. The summed E-state index contributed by atoms with van der Waals surface area (Å²) >= 11 is 0. The van der Waals surface area contributed by atoms with Gasteiger partial charge in [0.15, 0.2) is 0 Å². The zero-order chi connectivity index (χ0) is 19.6. The number of rotatable bonds is 1. The van der Waals surface area contributed by atoms with E-state index < -0.39 is 0 Å². The second kappa shape index (κ2) is 5.78. The van der Waals surface area contributed by atoms with Gasteiger partial charge in [0.25, 0.3) is 0 Å². The van der Waals surface area contributed by atoms with Crippen LogP contribution in [0, 0.1) is 0 Å². The van der Waals surface area contributed by atoms with Gasteiger partial charge in [-0.2, -0.15) is 0 Å². The van der Waals surface area contributed by atoms with Crippen LogP contribution in [-0.2, 0) is 5.41 Å². The molecule has 0 unspecified atom stereocenters. The molecule has 0 spiro atoms. The molecule has 0 radical (unpaired) electrons. The molecule has 0 bridgehead atoms. The summed E-state index contributed by atoms with van der Waals surface area (Å²) in [6, 6.07) is 30.8. The Kier molecular flexibility index (Phi) is 3.29. The van der Waals surface area contributed by atoms with Gasteiger partial charge in [-0.15, -0.1) is 0 Å². The first-order chi connectivity index (χ1) is 14.1. The van der Waals surface area contributed by atoms with Crippen LogP contribution in [0.3, 0.4) is 0 Å². The first kappa shape index (κ1) is 16.5. The molecule has 0 aliphatic heterocycles. The SMILES string of the molecule is CC1(C)c2ccccc2-c2ccc(-c3cc4c(ccc5ccccc54)cn3)cc21. The van der Waals surface area contributed by atoms with Gasteiger partial charge >= 0.3 is 0 Å². The third kappa shape index (κ3) is 2.31. The van der Waals surface area contributed by atoms with Crippen LogP contribution in [0.4, 0.5) is 0 Å². The zero-order valence-corrected chi connectivity index (χ0v) is 16.6. The van der Waals surface area contributed by atoms with Gasteiger partial charge in [-0.1, -0.05) is 86.6 Å². The molecule has 1 heterocycles. The van der Waals surface area contributed by atoms with E-state index in [1.807, 2.05) is 6.20 Å². The normalized spacial score (nSPS) is 14.1. The molecule has 6 rings (SSSR count). The molecule has 0 N–H and O–H groups in total. The first-order valence-electron chi connectivity index (χ1n) is 10.2. The van der Waals surface area contributed by atoms with Gasteiger partial charge in [0.05, 0.1) is 5.69 Å². The van der Waals surface area contributed by atoms with E-state index in [1.54, 1.807) is 0 Å². The van der Waals surface area contributed by atoms with Crippen LogP contribution in [0.2, 0.25) is 0 Å². The number of aromatic nitrogens is 1. The van der Waals surface area contributed by atoms with Crippen molar-refractivity contribution in [3.63, 3.8) is 0 Å². The largest absolute Gasteiger partial charge is 0.256 e. The zero-order valence-electron chi connectivity index (χ0n) is 16.6. The van der Waals surface area contributed by atoms with Gasteiger partial charge in [0, 0.05) is 22.6 Å². The minimum atomic E-state index is 0.00544. The van der Waals surface area contributed by atoms with Crippen LogP contribution in [-0.4, -0.2) is 4.98 Å². The van der Waals surface area contributed by atoms with Crippen molar-refractivity contribution in [1.82, 2.24) is 4.98 Å². The topological polar surface area (TPSA) is 12.9 Å². The predicted molar refractivity (Wildman–Crippen MR) is 122 cm³/mol.